The summed E-state index contributed by atoms with van der Waals surface area (Å²) >= 11 is 0. The van der Waals surface area contributed by atoms with E-state index >= 15 is 0 Å². The number of fused-ring (bicyclic) bond motifs is 1. The molecule has 2 aromatic rings. The van der Waals surface area contributed by atoms with E-state index < -0.39 is 0 Å². The molecule has 0 atom stereocenters. The van der Waals surface area contributed by atoms with Crippen LogP contribution in [0, 0.1) is 11.3 Å². The number of nitrogens with zero attached hydrogens (tertiary/aromatic N) is 1. The van der Waals surface area contributed by atoms with Crippen molar-refractivity contribution in [1.82, 2.24) is 0 Å². The van der Waals surface area contributed by atoms with Crippen LogP contribution in [-0.2, 0) is 0 Å². The molecule has 15 heavy (non-hydrogen) atoms. The quantitative estimate of drug-likeness (QED) is 0.660. The van der Waals surface area contributed by atoms with Gasteiger partial charge in [0.1, 0.15) is 0 Å². The molecule has 2 aromatic carbocycles. The maximum absolute atomic E-state index is 7.62. The highest BCUT2D eigenvalue weighted by Crippen LogP contribution is 2.19. The molecule has 0 saturated heterocycles. The molecule has 0 spiro atoms. The van der Waals surface area contributed by atoms with Crippen LogP contribution in [0.25, 0.3) is 10.8 Å². The zero-order valence-corrected chi connectivity index (χ0v) is 8.77. The van der Waals surface area contributed by atoms with Crippen molar-refractivity contribution < 1.29 is 0 Å². The Morgan fingerprint density at radius 2 is 1.73 bits per heavy atom. The highest BCUT2D eigenvalue weighted by molar-refractivity contribution is 5.92. The van der Waals surface area contributed by atoms with Crippen molar-refractivity contribution in [1.29, 1.82) is 5.26 Å². The Labute approximate surface area is 89.9 Å². The molecular formula is C13H14N2. The first-order chi connectivity index (χ1) is 7.29. The van der Waals surface area contributed by atoms with Crippen LogP contribution >= 0.6 is 0 Å². The van der Waals surface area contributed by atoms with Crippen molar-refractivity contribution in [3.8, 4) is 6.07 Å². The fraction of sp³-hybridized carbons (Fsp3) is 0.154. The minimum Gasteiger partial charge on any atom is -0.398 e. The van der Waals surface area contributed by atoms with E-state index in [1.54, 1.807) is 0 Å². The van der Waals surface area contributed by atoms with Crippen molar-refractivity contribution in [2.24, 2.45) is 0 Å². The summed E-state index contributed by atoms with van der Waals surface area (Å²) in [6, 6.07) is 16.0. The Hall–Kier alpha value is -2.01. The van der Waals surface area contributed by atoms with Crippen LogP contribution in [0.1, 0.15) is 13.3 Å². The van der Waals surface area contributed by atoms with Gasteiger partial charge < -0.3 is 5.73 Å². The van der Waals surface area contributed by atoms with Gasteiger partial charge in [0.05, 0.1) is 6.07 Å². The number of nitrogens with two attached hydrogens (primary N) is 1. The van der Waals surface area contributed by atoms with E-state index in [1.807, 2.05) is 43.3 Å². The lowest BCUT2D eigenvalue weighted by atomic mass is 10.1. The first kappa shape index (κ1) is 11.1. The molecule has 0 bridgehead atoms. The Kier molecular flexibility index (Phi) is 4.18. The summed E-state index contributed by atoms with van der Waals surface area (Å²) in [6.07, 6.45) is 0.625. The summed E-state index contributed by atoms with van der Waals surface area (Å²) < 4.78 is 0. The van der Waals surface area contributed by atoms with Gasteiger partial charge >= 0.3 is 0 Å². The molecule has 0 aliphatic carbocycles. The van der Waals surface area contributed by atoms with Gasteiger partial charge in [-0.15, -0.1) is 0 Å². The lowest BCUT2D eigenvalue weighted by Crippen LogP contribution is -1.84. The fourth-order valence-corrected chi connectivity index (χ4v) is 1.25. The minimum atomic E-state index is 0.625. The third kappa shape index (κ3) is 2.99. The normalized spacial score (nSPS) is 8.80. The summed E-state index contributed by atoms with van der Waals surface area (Å²) in [5.74, 6) is 0. The fourth-order valence-electron chi connectivity index (χ4n) is 1.25. The summed E-state index contributed by atoms with van der Waals surface area (Å²) in [6.45, 7) is 1.82. The van der Waals surface area contributed by atoms with Gasteiger partial charge in [0.25, 0.3) is 0 Å². The number of rotatable bonds is 0. The van der Waals surface area contributed by atoms with Crippen LogP contribution in [0.2, 0.25) is 0 Å². The van der Waals surface area contributed by atoms with Crippen LogP contribution in [0.15, 0.2) is 42.5 Å². The lowest BCUT2D eigenvalue weighted by Gasteiger charge is -1.98. The van der Waals surface area contributed by atoms with Crippen LogP contribution < -0.4 is 5.73 Å². The average Bonchev–Trinajstić information content (AvgIpc) is 2.30. The molecule has 76 valence electrons. The Balaban J connectivity index is 0.000000245. The summed E-state index contributed by atoms with van der Waals surface area (Å²) in [5.41, 5.74) is 6.61. The van der Waals surface area contributed by atoms with Crippen molar-refractivity contribution >= 4 is 16.5 Å². The Morgan fingerprint density at radius 3 is 2.33 bits per heavy atom. The van der Waals surface area contributed by atoms with Crippen molar-refractivity contribution in [3.63, 3.8) is 0 Å². The summed E-state index contributed by atoms with van der Waals surface area (Å²) in [5, 5.41) is 9.96. The first-order valence-electron chi connectivity index (χ1n) is 4.89. The predicted octanol–water partition coefficient (Wildman–Crippen LogP) is 3.34. The standard InChI is InChI=1S/C10H9N.C3H5N/c11-10-7-3-5-8-4-1-2-6-9(8)10;1-2-3-4/h1-7H,11H2;2H2,1H3. The minimum absolute atomic E-state index is 0.625. The number of hydrogen-bond donors (Lipinski definition) is 1. The third-order valence-electron chi connectivity index (χ3n) is 1.98. The number of benzene rings is 2. The summed E-state index contributed by atoms with van der Waals surface area (Å²) in [4.78, 5) is 0. The maximum Gasteiger partial charge on any atom is 0.0618 e. The molecule has 2 nitrogen and oxygen atoms in total. The van der Waals surface area contributed by atoms with Gasteiger partial charge in [-0.1, -0.05) is 43.3 Å². The molecule has 2 N–H and O–H groups in total. The van der Waals surface area contributed by atoms with Gasteiger partial charge in [0.2, 0.25) is 0 Å². The van der Waals surface area contributed by atoms with Crippen LogP contribution in [0.5, 0.6) is 0 Å². The van der Waals surface area contributed by atoms with E-state index in [2.05, 4.69) is 12.1 Å². The van der Waals surface area contributed by atoms with E-state index in [1.165, 1.54) is 5.39 Å². The Bertz CT molecular complexity index is 464. The van der Waals surface area contributed by atoms with E-state index in [0.717, 1.165) is 11.1 Å². The molecule has 0 aliphatic heterocycles. The monoisotopic (exact) mass is 198 g/mol. The number of hydrogen-bond acceptors (Lipinski definition) is 2. The van der Waals surface area contributed by atoms with Crippen LogP contribution in [-0.4, -0.2) is 0 Å². The third-order valence-corrected chi connectivity index (χ3v) is 1.98. The Morgan fingerprint density at radius 1 is 1.13 bits per heavy atom. The van der Waals surface area contributed by atoms with Crippen molar-refractivity contribution in [2.75, 3.05) is 5.73 Å². The van der Waals surface area contributed by atoms with Crippen LogP contribution in [0.4, 0.5) is 5.69 Å². The van der Waals surface area contributed by atoms with Gasteiger partial charge in [0.15, 0.2) is 0 Å². The number of nitriles is 1. The molecule has 2 rings (SSSR count). The molecule has 0 fully saturated rings. The zero-order valence-electron chi connectivity index (χ0n) is 8.77. The van der Waals surface area contributed by atoms with Crippen molar-refractivity contribution in [2.45, 2.75) is 13.3 Å². The maximum atomic E-state index is 7.62. The molecule has 0 aliphatic rings. The molecule has 2 heteroatoms. The summed E-state index contributed by atoms with van der Waals surface area (Å²) in [7, 11) is 0. The largest absolute Gasteiger partial charge is 0.398 e. The van der Waals surface area contributed by atoms with Gasteiger partial charge in [-0.3, -0.25) is 0 Å². The van der Waals surface area contributed by atoms with Gasteiger partial charge in [-0.2, -0.15) is 5.26 Å². The van der Waals surface area contributed by atoms with Crippen molar-refractivity contribution in [3.05, 3.63) is 42.5 Å². The molecule has 0 saturated carbocycles. The van der Waals surface area contributed by atoms with Gasteiger partial charge in [-0.25, -0.2) is 0 Å². The second-order valence-corrected chi connectivity index (χ2v) is 3.08. The topological polar surface area (TPSA) is 49.8 Å². The molecule has 0 aromatic heterocycles. The molecule has 0 heterocycles. The van der Waals surface area contributed by atoms with E-state index in [9.17, 15) is 0 Å². The average molecular weight is 198 g/mol. The molecular weight excluding hydrogens is 184 g/mol. The predicted molar refractivity (Wildman–Crippen MR) is 64.3 cm³/mol. The van der Waals surface area contributed by atoms with Crippen LogP contribution in [0.3, 0.4) is 0 Å². The molecule has 0 unspecified atom stereocenters. The second kappa shape index (κ2) is 5.66. The molecule has 0 amide bonds. The van der Waals surface area contributed by atoms with E-state index in [-0.39, 0.29) is 0 Å². The molecule has 0 radical (unpaired) electrons. The highest BCUT2D eigenvalue weighted by Gasteiger charge is 1.92. The number of anilines is 1. The smallest absolute Gasteiger partial charge is 0.0618 e. The SMILES string of the molecule is CCC#N.Nc1cccc2ccccc12. The van der Waals surface area contributed by atoms with E-state index in [4.69, 9.17) is 11.0 Å². The second-order valence-electron chi connectivity index (χ2n) is 3.08. The number of nitrogen functional groups attached to an aromatic ring is 1. The lowest BCUT2D eigenvalue weighted by molar-refractivity contribution is 1.22. The van der Waals surface area contributed by atoms with Gasteiger partial charge in [-0.05, 0) is 11.5 Å². The highest BCUT2D eigenvalue weighted by atomic mass is 14.5. The zero-order chi connectivity index (χ0) is 11.1. The van der Waals surface area contributed by atoms with E-state index in [0.29, 0.717) is 6.42 Å². The van der Waals surface area contributed by atoms with Gasteiger partial charge in [0, 0.05) is 17.5 Å². The first-order valence-corrected chi connectivity index (χ1v) is 4.89.